The number of unbranched alkanes of at least 4 members (excludes halogenated alkanes) is 1. The zero-order valence-electron chi connectivity index (χ0n) is 12.9. The number of rotatable bonds is 5. The largest absolute Gasteiger partial charge is 0.481 e. The fraction of sp³-hybridized carbons (Fsp3) is 0.438. The molecule has 3 N–H and O–H groups in total. The number of imidazole rings is 1. The second-order valence-electron chi connectivity index (χ2n) is 5.39. The van der Waals surface area contributed by atoms with Crippen LogP contribution in [0.4, 0.5) is 0 Å². The van der Waals surface area contributed by atoms with Gasteiger partial charge in [0.1, 0.15) is 5.82 Å². The number of carboxylic acid groups (broad SMARTS) is 2. The molecule has 0 amide bonds. The number of aryl methyl sites for hydroxylation is 1. The number of aromatic nitrogens is 2. The van der Waals surface area contributed by atoms with Crippen molar-refractivity contribution in [2.75, 3.05) is 0 Å². The number of nitrogens with zero attached hydrogens (tertiary/aromatic N) is 1. The quantitative estimate of drug-likeness (QED) is 0.776. The Morgan fingerprint density at radius 3 is 2.64 bits per heavy atom. The standard InChI is InChI=1S/C9H10O4.C7H12N2/c1-9(8(12)13)4-2-3-6(5-9)7(10)11;1-2-3-4-7-8-5-6-9-7/h2-4H,5H2,1H3,(H,10,11)(H,12,13);5-6H,2-4H2,1H3,(H,8,9). The Labute approximate surface area is 129 Å². The third-order valence-electron chi connectivity index (χ3n) is 3.40. The number of carboxylic acids is 2. The van der Waals surface area contributed by atoms with Crippen LogP contribution >= 0.6 is 0 Å². The summed E-state index contributed by atoms with van der Waals surface area (Å²) in [6.45, 7) is 3.69. The van der Waals surface area contributed by atoms with Crippen molar-refractivity contribution in [1.82, 2.24) is 9.97 Å². The molecule has 1 aromatic rings. The van der Waals surface area contributed by atoms with Crippen LogP contribution in [0.5, 0.6) is 0 Å². The number of allylic oxidation sites excluding steroid dienone is 2. The molecule has 0 spiro atoms. The molecule has 6 nitrogen and oxygen atoms in total. The van der Waals surface area contributed by atoms with Crippen LogP contribution in [0.25, 0.3) is 0 Å². The van der Waals surface area contributed by atoms with E-state index >= 15 is 0 Å². The lowest BCUT2D eigenvalue weighted by atomic mass is 9.80. The van der Waals surface area contributed by atoms with E-state index < -0.39 is 17.4 Å². The van der Waals surface area contributed by atoms with Gasteiger partial charge in [0.25, 0.3) is 0 Å². The van der Waals surface area contributed by atoms with E-state index in [0.29, 0.717) is 0 Å². The predicted octanol–water partition coefficient (Wildman–Crippen LogP) is 2.80. The maximum Gasteiger partial charge on any atom is 0.331 e. The maximum atomic E-state index is 10.8. The van der Waals surface area contributed by atoms with Crippen molar-refractivity contribution in [3.05, 3.63) is 42.0 Å². The molecule has 0 radical (unpaired) electrons. The van der Waals surface area contributed by atoms with Crippen LogP contribution in [0.2, 0.25) is 0 Å². The maximum absolute atomic E-state index is 10.8. The fourth-order valence-corrected chi connectivity index (χ4v) is 1.96. The van der Waals surface area contributed by atoms with Gasteiger partial charge in [-0.05, 0) is 19.8 Å². The molecule has 0 aliphatic heterocycles. The number of hydrogen-bond acceptors (Lipinski definition) is 3. The summed E-state index contributed by atoms with van der Waals surface area (Å²) in [7, 11) is 0. The van der Waals surface area contributed by atoms with Gasteiger partial charge in [0.2, 0.25) is 0 Å². The summed E-state index contributed by atoms with van der Waals surface area (Å²) in [6, 6.07) is 0. The van der Waals surface area contributed by atoms with E-state index in [1.54, 1.807) is 6.20 Å². The van der Waals surface area contributed by atoms with E-state index in [9.17, 15) is 9.59 Å². The molecular formula is C16H22N2O4. The molecule has 120 valence electrons. The van der Waals surface area contributed by atoms with Crippen molar-refractivity contribution >= 4 is 11.9 Å². The Morgan fingerprint density at radius 1 is 1.41 bits per heavy atom. The number of nitrogens with one attached hydrogen (secondary N) is 1. The van der Waals surface area contributed by atoms with Crippen molar-refractivity contribution in [2.45, 2.75) is 39.5 Å². The van der Waals surface area contributed by atoms with Gasteiger partial charge in [-0.25, -0.2) is 9.78 Å². The molecule has 1 atom stereocenters. The summed E-state index contributed by atoms with van der Waals surface area (Å²) in [5.74, 6) is -0.954. The molecule has 1 heterocycles. The Balaban J connectivity index is 0.000000235. The molecule has 0 bridgehead atoms. The number of aromatic amines is 1. The third-order valence-corrected chi connectivity index (χ3v) is 3.40. The summed E-state index contributed by atoms with van der Waals surface area (Å²) < 4.78 is 0. The van der Waals surface area contributed by atoms with Gasteiger partial charge >= 0.3 is 11.9 Å². The van der Waals surface area contributed by atoms with Crippen LogP contribution in [0.3, 0.4) is 0 Å². The highest BCUT2D eigenvalue weighted by atomic mass is 16.4. The summed E-state index contributed by atoms with van der Waals surface area (Å²) in [4.78, 5) is 28.5. The predicted molar refractivity (Wildman–Crippen MR) is 82.4 cm³/mol. The van der Waals surface area contributed by atoms with Crippen molar-refractivity contribution in [3.8, 4) is 0 Å². The molecule has 1 aromatic heterocycles. The first-order valence-corrected chi connectivity index (χ1v) is 7.22. The lowest BCUT2D eigenvalue weighted by Gasteiger charge is -2.23. The first kappa shape index (κ1) is 17.7. The van der Waals surface area contributed by atoms with Crippen molar-refractivity contribution in [2.24, 2.45) is 5.41 Å². The lowest BCUT2D eigenvalue weighted by Crippen LogP contribution is -2.28. The molecular weight excluding hydrogens is 284 g/mol. The highest BCUT2D eigenvalue weighted by molar-refractivity contribution is 5.90. The van der Waals surface area contributed by atoms with Crippen molar-refractivity contribution in [1.29, 1.82) is 0 Å². The summed E-state index contributed by atoms with van der Waals surface area (Å²) in [5.41, 5.74) is -0.949. The minimum Gasteiger partial charge on any atom is -0.481 e. The summed E-state index contributed by atoms with van der Waals surface area (Å²) in [6.07, 6.45) is 11.7. The molecule has 0 saturated carbocycles. The van der Waals surface area contributed by atoms with Gasteiger partial charge in [-0.1, -0.05) is 31.6 Å². The van der Waals surface area contributed by atoms with Gasteiger partial charge in [-0.2, -0.15) is 0 Å². The minimum absolute atomic E-state index is 0.0359. The SMILES string of the molecule is CC1(C(=O)O)C=CC=C(C(=O)O)C1.CCCCc1ncc[nH]1. The van der Waals surface area contributed by atoms with E-state index in [0.717, 1.165) is 12.2 Å². The molecule has 2 rings (SSSR count). The molecule has 0 saturated heterocycles. The lowest BCUT2D eigenvalue weighted by molar-refractivity contribution is -0.145. The van der Waals surface area contributed by atoms with E-state index in [1.807, 2.05) is 6.20 Å². The van der Waals surface area contributed by atoms with Gasteiger partial charge in [0, 0.05) is 24.4 Å². The van der Waals surface area contributed by atoms with Crippen LogP contribution in [-0.4, -0.2) is 32.1 Å². The van der Waals surface area contributed by atoms with E-state index in [1.165, 1.54) is 38.0 Å². The molecule has 0 fully saturated rings. The zero-order valence-corrected chi connectivity index (χ0v) is 12.9. The molecule has 1 unspecified atom stereocenters. The Hall–Kier alpha value is -2.37. The van der Waals surface area contributed by atoms with Crippen molar-refractivity contribution < 1.29 is 19.8 Å². The first-order valence-electron chi connectivity index (χ1n) is 7.22. The van der Waals surface area contributed by atoms with Crippen LogP contribution in [0, 0.1) is 5.41 Å². The number of H-pyrrole nitrogens is 1. The Kier molecular flexibility index (Phi) is 6.56. The molecule has 6 heteroatoms. The van der Waals surface area contributed by atoms with Gasteiger partial charge in [0.15, 0.2) is 0 Å². The van der Waals surface area contributed by atoms with Gasteiger partial charge in [-0.15, -0.1) is 0 Å². The Bertz CT molecular complexity index is 561. The zero-order chi connectivity index (χ0) is 16.6. The molecule has 1 aliphatic carbocycles. The average Bonchev–Trinajstić information content (AvgIpc) is 2.99. The van der Waals surface area contributed by atoms with E-state index in [4.69, 9.17) is 10.2 Å². The van der Waals surface area contributed by atoms with E-state index in [-0.39, 0.29) is 12.0 Å². The van der Waals surface area contributed by atoms with Crippen LogP contribution in [0.1, 0.15) is 38.9 Å². The smallest absolute Gasteiger partial charge is 0.331 e. The van der Waals surface area contributed by atoms with Crippen molar-refractivity contribution in [3.63, 3.8) is 0 Å². The van der Waals surface area contributed by atoms with Gasteiger partial charge in [-0.3, -0.25) is 4.79 Å². The van der Waals surface area contributed by atoms with Gasteiger partial charge < -0.3 is 15.2 Å². The highest BCUT2D eigenvalue weighted by Crippen LogP contribution is 2.31. The topological polar surface area (TPSA) is 103 Å². The van der Waals surface area contributed by atoms with Crippen LogP contribution in [-0.2, 0) is 16.0 Å². The number of aliphatic carboxylic acids is 2. The highest BCUT2D eigenvalue weighted by Gasteiger charge is 2.34. The van der Waals surface area contributed by atoms with Crippen LogP contribution in [0.15, 0.2) is 36.2 Å². The Morgan fingerprint density at radius 2 is 2.14 bits per heavy atom. The second kappa shape index (κ2) is 8.17. The van der Waals surface area contributed by atoms with Gasteiger partial charge in [0.05, 0.1) is 5.41 Å². The number of hydrogen-bond donors (Lipinski definition) is 3. The monoisotopic (exact) mass is 306 g/mol. The van der Waals surface area contributed by atoms with Crippen LogP contribution < -0.4 is 0 Å². The average molecular weight is 306 g/mol. The molecule has 1 aliphatic rings. The summed E-state index contributed by atoms with van der Waals surface area (Å²) in [5, 5.41) is 17.5. The fourth-order valence-electron chi connectivity index (χ4n) is 1.96. The molecule has 22 heavy (non-hydrogen) atoms. The first-order chi connectivity index (χ1) is 10.4. The molecule has 0 aromatic carbocycles. The summed E-state index contributed by atoms with van der Waals surface area (Å²) >= 11 is 0. The normalized spacial score (nSPS) is 19.8. The second-order valence-corrected chi connectivity index (χ2v) is 5.39. The van der Waals surface area contributed by atoms with E-state index in [2.05, 4.69) is 16.9 Å². The number of carbonyl (C=O) groups is 2. The minimum atomic E-state index is -1.08. The third kappa shape index (κ3) is 5.20.